The van der Waals surface area contributed by atoms with Crippen molar-refractivity contribution in [3.05, 3.63) is 64.8 Å². The van der Waals surface area contributed by atoms with Crippen LogP contribution in [-0.2, 0) is 12.6 Å². The number of hydrogen-bond acceptors (Lipinski definition) is 4. The minimum Gasteiger partial charge on any atom is -0.383 e. The lowest BCUT2D eigenvalue weighted by atomic mass is 10.0. The van der Waals surface area contributed by atoms with Gasteiger partial charge >= 0.3 is 6.18 Å². The number of rotatable bonds is 3. The number of nitrogen functional groups attached to an aromatic ring is 1. The highest BCUT2D eigenvalue weighted by Crippen LogP contribution is 2.33. The molecular weight excluding hydrogens is 333 g/mol. The maximum absolute atomic E-state index is 13.4. The number of primary amides is 1. The second-order valence-corrected chi connectivity index (χ2v) is 5.49. The van der Waals surface area contributed by atoms with Gasteiger partial charge in [0, 0.05) is 5.39 Å². The van der Waals surface area contributed by atoms with Gasteiger partial charge in [-0.1, -0.05) is 30.3 Å². The lowest BCUT2D eigenvalue weighted by molar-refractivity contribution is -0.141. The normalized spacial score (nSPS) is 11.6. The van der Waals surface area contributed by atoms with Crippen LogP contribution in [0.4, 0.5) is 19.0 Å². The summed E-state index contributed by atoms with van der Waals surface area (Å²) in [5.74, 6) is -1.06. The third-order valence-electron chi connectivity index (χ3n) is 3.68. The third-order valence-corrected chi connectivity index (χ3v) is 3.68. The first-order valence-corrected chi connectivity index (χ1v) is 7.27. The van der Waals surface area contributed by atoms with Gasteiger partial charge in [-0.05, 0) is 29.7 Å². The van der Waals surface area contributed by atoms with Gasteiger partial charge in [0.05, 0.1) is 5.56 Å². The fourth-order valence-electron chi connectivity index (χ4n) is 2.56. The number of fused-ring (bicyclic) bond motifs is 1. The Balaban J connectivity index is 2.21. The van der Waals surface area contributed by atoms with Crippen LogP contribution in [0.1, 0.15) is 27.2 Å². The average Bonchev–Trinajstić information content (AvgIpc) is 2.53. The highest BCUT2D eigenvalue weighted by Gasteiger charge is 2.36. The Hall–Kier alpha value is -3.16. The molecule has 5 nitrogen and oxygen atoms in total. The molecule has 0 aliphatic carbocycles. The minimum absolute atomic E-state index is 0.0202. The van der Waals surface area contributed by atoms with Crippen LogP contribution in [0.15, 0.2) is 42.5 Å². The van der Waals surface area contributed by atoms with Crippen molar-refractivity contribution in [3.8, 4) is 0 Å². The predicted molar refractivity (Wildman–Crippen MR) is 86.7 cm³/mol. The van der Waals surface area contributed by atoms with Crippen molar-refractivity contribution < 1.29 is 18.0 Å². The zero-order valence-corrected chi connectivity index (χ0v) is 12.8. The molecule has 25 heavy (non-hydrogen) atoms. The molecule has 0 aliphatic heterocycles. The summed E-state index contributed by atoms with van der Waals surface area (Å²) in [7, 11) is 0. The third kappa shape index (κ3) is 3.37. The summed E-state index contributed by atoms with van der Waals surface area (Å²) in [6.07, 6.45) is -4.61. The van der Waals surface area contributed by atoms with Crippen molar-refractivity contribution in [2.45, 2.75) is 12.6 Å². The van der Waals surface area contributed by atoms with E-state index < -0.39 is 17.8 Å². The van der Waals surface area contributed by atoms with Crippen molar-refractivity contribution in [1.29, 1.82) is 0 Å². The van der Waals surface area contributed by atoms with Crippen LogP contribution in [0, 0.1) is 0 Å². The van der Waals surface area contributed by atoms with E-state index in [4.69, 9.17) is 11.5 Å². The van der Waals surface area contributed by atoms with Gasteiger partial charge in [0.2, 0.25) is 0 Å². The number of carbonyl (C=O) groups is 1. The molecule has 3 rings (SSSR count). The monoisotopic (exact) mass is 346 g/mol. The quantitative estimate of drug-likeness (QED) is 0.762. The number of carbonyl (C=O) groups excluding carboxylic acids is 1. The minimum atomic E-state index is -4.64. The summed E-state index contributed by atoms with van der Waals surface area (Å²) >= 11 is 0. The molecule has 0 aliphatic rings. The van der Waals surface area contributed by atoms with Gasteiger partial charge in [-0.15, -0.1) is 0 Å². The van der Waals surface area contributed by atoms with Crippen molar-refractivity contribution in [2.24, 2.45) is 5.73 Å². The fraction of sp³-hybridized carbons (Fsp3) is 0.118. The van der Waals surface area contributed by atoms with Gasteiger partial charge in [0.1, 0.15) is 5.82 Å². The van der Waals surface area contributed by atoms with Gasteiger partial charge in [-0.3, -0.25) is 4.79 Å². The van der Waals surface area contributed by atoms with E-state index in [-0.39, 0.29) is 34.4 Å². The van der Waals surface area contributed by atoms with Crippen molar-refractivity contribution in [1.82, 2.24) is 9.97 Å². The molecule has 2 heterocycles. The molecule has 4 N–H and O–H groups in total. The van der Waals surface area contributed by atoms with Crippen LogP contribution in [0.5, 0.6) is 0 Å². The number of halogens is 3. The highest BCUT2D eigenvalue weighted by atomic mass is 19.4. The maximum atomic E-state index is 13.4. The average molecular weight is 346 g/mol. The van der Waals surface area contributed by atoms with E-state index >= 15 is 0 Å². The van der Waals surface area contributed by atoms with Crippen LogP contribution >= 0.6 is 0 Å². The van der Waals surface area contributed by atoms with Crippen LogP contribution < -0.4 is 11.5 Å². The Morgan fingerprint density at radius 3 is 2.36 bits per heavy atom. The summed E-state index contributed by atoms with van der Waals surface area (Å²) in [6.45, 7) is 0. The molecule has 0 saturated carbocycles. The molecule has 1 aromatic carbocycles. The van der Waals surface area contributed by atoms with Gasteiger partial charge in [-0.2, -0.15) is 13.2 Å². The molecule has 1 amide bonds. The molecule has 0 fully saturated rings. The van der Waals surface area contributed by atoms with Crippen LogP contribution in [-0.4, -0.2) is 15.9 Å². The van der Waals surface area contributed by atoms with Gasteiger partial charge in [0.25, 0.3) is 5.91 Å². The largest absolute Gasteiger partial charge is 0.433 e. The second kappa shape index (κ2) is 6.04. The zero-order chi connectivity index (χ0) is 18.2. The number of anilines is 1. The maximum Gasteiger partial charge on any atom is 0.433 e. The molecule has 128 valence electrons. The molecule has 0 radical (unpaired) electrons. The van der Waals surface area contributed by atoms with Crippen molar-refractivity contribution in [2.75, 3.05) is 5.73 Å². The number of nitrogens with zero attached hydrogens (tertiary/aromatic N) is 2. The SMILES string of the molecule is NC(=O)c1cc2cc(Cc3ccccc3)c(C(F)(F)F)nc2nc1N. The Bertz CT molecular complexity index is 956. The molecule has 0 unspecified atom stereocenters. The molecule has 0 saturated heterocycles. The molecule has 0 atom stereocenters. The number of amides is 1. The summed E-state index contributed by atoms with van der Waals surface area (Å²) in [4.78, 5) is 18.8. The van der Waals surface area contributed by atoms with Gasteiger partial charge < -0.3 is 11.5 Å². The molecular formula is C17H13F3N4O. The van der Waals surface area contributed by atoms with Crippen LogP contribution in [0.3, 0.4) is 0 Å². The summed E-state index contributed by atoms with van der Waals surface area (Å²) in [5.41, 5.74) is 10.2. The Morgan fingerprint density at radius 1 is 1.08 bits per heavy atom. The Labute approximate surface area is 140 Å². The standard InChI is InChI=1S/C17H13F3N4O/c18-17(19,20)13-10(6-9-4-2-1-3-5-9)7-11-8-12(15(22)25)14(21)24-16(11)23-13/h1-5,7-8H,6H2,(H2,22,25)(H2,21,23,24). The van der Waals surface area contributed by atoms with Crippen molar-refractivity contribution in [3.63, 3.8) is 0 Å². The number of pyridine rings is 2. The van der Waals surface area contributed by atoms with E-state index in [1.807, 2.05) is 0 Å². The molecule has 3 aromatic rings. The first-order chi connectivity index (χ1) is 11.8. The number of alkyl halides is 3. The molecule has 0 spiro atoms. The second-order valence-electron chi connectivity index (χ2n) is 5.49. The summed E-state index contributed by atoms with van der Waals surface area (Å²) < 4.78 is 40.2. The number of nitrogens with two attached hydrogens (primary N) is 2. The van der Waals surface area contributed by atoms with E-state index in [1.54, 1.807) is 30.3 Å². The molecule has 2 aromatic heterocycles. The van der Waals surface area contributed by atoms with E-state index in [0.29, 0.717) is 5.56 Å². The van der Waals surface area contributed by atoms with Crippen LogP contribution in [0.25, 0.3) is 11.0 Å². The summed E-state index contributed by atoms with van der Waals surface area (Å²) in [5, 5.41) is 0.266. The molecule has 8 heteroatoms. The first-order valence-electron chi connectivity index (χ1n) is 7.27. The smallest absolute Gasteiger partial charge is 0.383 e. The van der Waals surface area contributed by atoms with Crippen molar-refractivity contribution >= 4 is 22.8 Å². The van der Waals surface area contributed by atoms with E-state index in [1.165, 1.54) is 12.1 Å². The topological polar surface area (TPSA) is 94.9 Å². The zero-order valence-electron chi connectivity index (χ0n) is 12.8. The lowest BCUT2D eigenvalue weighted by Crippen LogP contribution is -2.16. The summed E-state index contributed by atoms with van der Waals surface area (Å²) in [6, 6.07) is 11.3. The predicted octanol–water partition coefficient (Wildman–Crippen LogP) is 2.92. The van der Waals surface area contributed by atoms with Gasteiger partial charge in [-0.25, -0.2) is 9.97 Å². The Morgan fingerprint density at radius 2 is 1.76 bits per heavy atom. The fourth-order valence-corrected chi connectivity index (χ4v) is 2.56. The van der Waals surface area contributed by atoms with Gasteiger partial charge in [0.15, 0.2) is 11.3 Å². The highest BCUT2D eigenvalue weighted by molar-refractivity contribution is 6.00. The number of benzene rings is 1. The Kier molecular flexibility index (Phi) is 4.03. The first kappa shape index (κ1) is 16.7. The van der Waals surface area contributed by atoms with E-state index in [0.717, 1.165) is 0 Å². The lowest BCUT2D eigenvalue weighted by Gasteiger charge is -2.14. The number of hydrogen-bond donors (Lipinski definition) is 2. The molecule has 0 bridgehead atoms. The van der Waals surface area contributed by atoms with E-state index in [2.05, 4.69) is 9.97 Å². The number of aromatic nitrogens is 2. The van der Waals surface area contributed by atoms with E-state index in [9.17, 15) is 18.0 Å². The van der Waals surface area contributed by atoms with Crippen LogP contribution in [0.2, 0.25) is 0 Å².